The molecule has 5 heteroatoms. The zero-order chi connectivity index (χ0) is 14.7. The van der Waals surface area contributed by atoms with Gasteiger partial charge in [0.2, 0.25) is 5.91 Å². The van der Waals surface area contributed by atoms with Crippen molar-refractivity contribution in [2.75, 3.05) is 39.3 Å². The summed E-state index contributed by atoms with van der Waals surface area (Å²) in [7, 11) is 0. The van der Waals surface area contributed by atoms with Crippen LogP contribution in [0.5, 0.6) is 5.75 Å². The third kappa shape index (κ3) is 3.01. The van der Waals surface area contributed by atoms with Gasteiger partial charge in [0.25, 0.3) is 0 Å². The minimum absolute atomic E-state index is 0.0811. The Bertz CT molecular complexity index is 559. The first-order valence-corrected chi connectivity index (χ1v) is 7.36. The quantitative estimate of drug-likeness (QED) is 0.758. The molecule has 1 unspecified atom stereocenters. The van der Waals surface area contributed by atoms with Crippen LogP contribution in [0.25, 0.3) is 0 Å². The van der Waals surface area contributed by atoms with E-state index >= 15 is 0 Å². The summed E-state index contributed by atoms with van der Waals surface area (Å²) >= 11 is 0. The Hall–Kier alpha value is -2.06. The van der Waals surface area contributed by atoms with Crippen LogP contribution in [0.2, 0.25) is 0 Å². The van der Waals surface area contributed by atoms with Gasteiger partial charge in [-0.1, -0.05) is 18.2 Å². The first kappa shape index (κ1) is 13.9. The van der Waals surface area contributed by atoms with E-state index in [1.165, 1.54) is 0 Å². The van der Waals surface area contributed by atoms with Crippen molar-refractivity contribution in [3.05, 3.63) is 29.8 Å². The van der Waals surface area contributed by atoms with Crippen molar-refractivity contribution in [2.45, 2.75) is 6.42 Å². The number of carbonyl (C=O) groups is 1. The largest absolute Gasteiger partial charge is 0.492 e. The van der Waals surface area contributed by atoms with Crippen LogP contribution < -0.4 is 4.74 Å². The maximum Gasteiger partial charge on any atom is 0.229 e. The highest BCUT2D eigenvalue weighted by molar-refractivity contribution is 5.80. The SMILES string of the molecule is N#CCN1CCN(C(=O)C2COc3ccccc3C2)CC1. The van der Waals surface area contributed by atoms with Gasteiger partial charge in [0.1, 0.15) is 12.4 Å². The van der Waals surface area contributed by atoms with Gasteiger partial charge in [0, 0.05) is 26.2 Å². The van der Waals surface area contributed by atoms with Crippen LogP contribution in [0.1, 0.15) is 5.56 Å². The highest BCUT2D eigenvalue weighted by Gasteiger charge is 2.31. The molecule has 110 valence electrons. The number of hydrogen-bond acceptors (Lipinski definition) is 4. The van der Waals surface area contributed by atoms with Gasteiger partial charge in [0.05, 0.1) is 18.5 Å². The van der Waals surface area contributed by atoms with Crippen molar-refractivity contribution < 1.29 is 9.53 Å². The Morgan fingerprint density at radius 1 is 1.29 bits per heavy atom. The van der Waals surface area contributed by atoms with E-state index in [0.29, 0.717) is 26.2 Å². The normalized spacial score (nSPS) is 22.0. The summed E-state index contributed by atoms with van der Waals surface area (Å²) in [5, 5.41) is 8.70. The summed E-state index contributed by atoms with van der Waals surface area (Å²) in [6.07, 6.45) is 0.757. The monoisotopic (exact) mass is 285 g/mol. The van der Waals surface area contributed by atoms with E-state index in [-0.39, 0.29) is 11.8 Å². The third-order valence-electron chi connectivity index (χ3n) is 4.21. The number of nitriles is 1. The molecule has 0 N–H and O–H groups in total. The van der Waals surface area contributed by atoms with Gasteiger partial charge in [0.15, 0.2) is 0 Å². The van der Waals surface area contributed by atoms with Crippen molar-refractivity contribution in [3.8, 4) is 11.8 Å². The smallest absolute Gasteiger partial charge is 0.229 e. The fourth-order valence-electron chi connectivity index (χ4n) is 2.97. The summed E-state index contributed by atoms with van der Waals surface area (Å²) in [4.78, 5) is 16.6. The molecule has 3 rings (SSSR count). The van der Waals surface area contributed by atoms with Crippen LogP contribution in [-0.2, 0) is 11.2 Å². The molecular weight excluding hydrogens is 266 g/mol. The third-order valence-corrected chi connectivity index (χ3v) is 4.21. The zero-order valence-corrected chi connectivity index (χ0v) is 12.0. The van der Waals surface area contributed by atoms with Crippen LogP contribution >= 0.6 is 0 Å². The molecule has 1 aromatic rings. The van der Waals surface area contributed by atoms with Gasteiger partial charge in [-0.25, -0.2) is 0 Å². The molecule has 1 amide bonds. The van der Waals surface area contributed by atoms with Gasteiger partial charge >= 0.3 is 0 Å². The van der Waals surface area contributed by atoms with E-state index in [1.54, 1.807) is 0 Å². The Morgan fingerprint density at radius 2 is 2.05 bits per heavy atom. The van der Waals surface area contributed by atoms with Crippen molar-refractivity contribution in [2.24, 2.45) is 5.92 Å². The number of carbonyl (C=O) groups excluding carboxylic acids is 1. The Kier molecular flexibility index (Phi) is 4.07. The number of benzene rings is 1. The van der Waals surface area contributed by atoms with Gasteiger partial charge in [-0.05, 0) is 18.1 Å². The number of rotatable bonds is 2. The van der Waals surface area contributed by atoms with Crippen molar-refractivity contribution >= 4 is 5.91 Å². The molecular formula is C16H19N3O2. The number of ether oxygens (including phenoxy) is 1. The van der Waals surface area contributed by atoms with E-state index in [9.17, 15) is 4.79 Å². The highest BCUT2D eigenvalue weighted by Crippen LogP contribution is 2.27. The minimum atomic E-state index is -0.0811. The molecule has 21 heavy (non-hydrogen) atoms. The van der Waals surface area contributed by atoms with Crippen LogP contribution in [0.4, 0.5) is 0 Å². The molecule has 0 aliphatic carbocycles. The highest BCUT2D eigenvalue weighted by atomic mass is 16.5. The summed E-state index contributed by atoms with van der Waals surface area (Å²) in [5.41, 5.74) is 1.12. The molecule has 0 spiro atoms. The fraction of sp³-hybridized carbons (Fsp3) is 0.500. The van der Waals surface area contributed by atoms with Crippen LogP contribution in [0.3, 0.4) is 0 Å². The molecule has 5 nitrogen and oxygen atoms in total. The van der Waals surface area contributed by atoms with Gasteiger partial charge < -0.3 is 9.64 Å². The summed E-state index contributed by atoms with van der Waals surface area (Å²) < 4.78 is 5.71. The molecule has 0 aromatic heterocycles. The number of nitrogens with zero attached hydrogens (tertiary/aromatic N) is 3. The molecule has 2 heterocycles. The van der Waals surface area contributed by atoms with Crippen molar-refractivity contribution in [1.29, 1.82) is 5.26 Å². The lowest BCUT2D eigenvalue weighted by atomic mass is 9.95. The summed E-state index contributed by atoms with van der Waals surface area (Å²) in [6, 6.07) is 10.1. The molecule has 0 radical (unpaired) electrons. The Balaban J connectivity index is 1.59. The van der Waals surface area contributed by atoms with Gasteiger partial charge in [-0.15, -0.1) is 0 Å². The predicted octanol–water partition coefficient (Wildman–Crippen LogP) is 0.905. The molecule has 0 saturated carbocycles. The standard InChI is InChI=1S/C16H19N3O2/c17-5-6-18-7-9-19(10-8-18)16(20)14-11-13-3-1-2-4-15(13)21-12-14/h1-4,14H,6-12H2. The molecule has 2 aliphatic rings. The number of para-hydroxylation sites is 1. The average Bonchev–Trinajstić information content (AvgIpc) is 2.55. The average molecular weight is 285 g/mol. The van der Waals surface area contributed by atoms with Crippen molar-refractivity contribution in [1.82, 2.24) is 9.80 Å². The maximum absolute atomic E-state index is 12.6. The summed E-state index contributed by atoms with van der Waals surface area (Å²) in [6.45, 7) is 3.89. The van der Waals surface area contributed by atoms with E-state index in [4.69, 9.17) is 10.00 Å². The number of fused-ring (bicyclic) bond motifs is 1. The lowest BCUT2D eigenvalue weighted by Crippen LogP contribution is -2.51. The maximum atomic E-state index is 12.6. The number of hydrogen-bond donors (Lipinski definition) is 0. The van der Waals surface area contributed by atoms with E-state index in [1.807, 2.05) is 29.2 Å². The van der Waals surface area contributed by atoms with Gasteiger partial charge in [-0.3, -0.25) is 9.69 Å². The van der Waals surface area contributed by atoms with Crippen LogP contribution in [0, 0.1) is 17.2 Å². The number of amides is 1. The van der Waals surface area contributed by atoms with E-state index in [2.05, 4.69) is 11.0 Å². The second-order valence-electron chi connectivity index (χ2n) is 5.58. The second kappa shape index (κ2) is 6.15. The number of piperazine rings is 1. The van der Waals surface area contributed by atoms with E-state index in [0.717, 1.165) is 30.8 Å². The molecule has 0 bridgehead atoms. The molecule has 2 aliphatic heterocycles. The minimum Gasteiger partial charge on any atom is -0.492 e. The van der Waals surface area contributed by atoms with E-state index < -0.39 is 0 Å². The lowest BCUT2D eigenvalue weighted by Gasteiger charge is -2.36. The van der Waals surface area contributed by atoms with Crippen LogP contribution in [0.15, 0.2) is 24.3 Å². The predicted molar refractivity (Wildman–Crippen MR) is 77.8 cm³/mol. The molecule has 1 atom stereocenters. The first-order chi connectivity index (χ1) is 10.3. The molecule has 1 fully saturated rings. The lowest BCUT2D eigenvalue weighted by molar-refractivity contribution is -0.138. The first-order valence-electron chi connectivity index (χ1n) is 7.36. The fourth-order valence-corrected chi connectivity index (χ4v) is 2.97. The topological polar surface area (TPSA) is 56.6 Å². The Morgan fingerprint density at radius 3 is 2.81 bits per heavy atom. The second-order valence-corrected chi connectivity index (χ2v) is 5.58. The van der Waals surface area contributed by atoms with Crippen molar-refractivity contribution in [3.63, 3.8) is 0 Å². The van der Waals surface area contributed by atoms with Crippen LogP contribution in [-0.4, -0.2) is 55.0 Å². The molecule has 1 saturated heterocycles. The molecule has 1 aromatic carbocycles. The summed E-state index contributed by atoms with van der Waals surface area (Å²) in [5.74, 6) is 1.00. The zero-order valence-electron chi connectivity index (χ0n) is 12.0. The Labute approximate surface area is 124 Å². The van der Waals surface area contributed by atoms with Gasteiger partial charge in [-0.2, -0.15) is 5.26 Å².